The Labute approximate surface area is 122 Å². The molecule has 3 aliphatic carbocycles. The van der Waals surface area contributed by atoms with Crippen LogP contribution < -0.4 is 11.1 Å². The van der Waals surface area contributed by atoms with Crippen molar-refractivity contribution in [2.45, 2.75) is 44.1 Å². The lowest BCUT2D eigenvalue weighted by molar-refractivity contribution is 0.286. The number of fused-ring (bicyclic) bond motifs is 1. The molecule has 2 heteroatoms. The van der Waals surface area contributed by atoms with Gasteiger partial charge in [0.05, 0.1) is 0 Å². The number of nitrogens with two attached hydrogens (primary N) is 1. The monoisotopic (exact) mass is 270 g/mol. The molecule has 2 nitrogen and oxygen atoms in total. The summed E-state index contributed by atoms with van der Waals surface area (Å²) >= 11 is 0. The minimum atomic E-state index is 0.131. The maximum atomic E-state index is 6.16. The summed E-state index contributed by atoms with van der Waals surface area (Å²) in [4.78, 5) is 0. The fraction of sp³-hybridized carbons (Fsp3) is 0.667. The number of benzene rings is 1. The van der Waals surface area contributed by atoms with E-state index in [1.807, 2.05) is 0 Å². The second-order valence-electron chi connectivity index (χ2n) is 7.33. The average molecular weight is 270 g/mol. The molecule has 0 aromatic heterocycles. The van der Waals surface area contributed by atoms with E-state index in [4.69, 9.17) is 5.73 Å². The van der Waals surface area contributed by atoms with Gasteiger partial charge in [0.1, 0.15) is 0 Å². The lowest BCUT2D eigenvalue weighted by Gasteiger charge is -2.31. The van der Waals surface area contributed by atoms with E-state index in [2.05, 4.69) is 29.6 Å². The van der Waals surface area contributed by atoms with E-state index in [1.165, 1.54) is 43.4 Å². The van der Waals surface area contributed by atoms with Crippen LogP contribution >= 0.6 is 0 Å². The Balaban J connectivity index is 1.44. The lowest BCUT2D eigenvalue weighted by atomic mass is 9.92. The molecule has 4 rings (SSSR count). The molecule has 0 heterocycles. The van der Waals surface area contributed by atoms with Crippen molar-refractivity contribution >= 4 is 0 Å². The van der Waals surface area contributed by atoms with Crippen molar-refractivity contribution in [3.05, 3.63) is 35.4 Å². The fourth-order valence-corrected chi connectivity index (χ4v) is 4.14. The Morgan fingerprint density at radius 3 is 2.05 bits per heavy atom. The highest BCUT2D eigenvalue weighted by Gasteiger charge is 2.43. The van der Waals surface area contributed by atoms with Gasteiger partial charge in [0.25, 0.3) is 0 Å². The highest BCUT2D eigenvalue weighted by Crippen LogP contribution is 2.49. The van der Waals surface area contributed by atoms with Crippen molar-refractivity contribution < 1.29 is 0 Å². The number of hydrogen-bond acceptors (Lipinski definition) is 2. The summed E-state index contributed by atoms with van der Waals surface area (Å²) in [5.74, 6) is 2.98. The van der Waals surface area contributed by atoms with Crippen LogP contribution in [0.3, 0.4) is 0 Å². The van der Waals surface area contributed by atoms with Gasteiger partial charge in [0, 0.05) is 12.1 Å². The van der Waals surface area contributed by atoms with Crippen LogP contribution in [0.5, 0.6) is 0 Å². The molecule has 1 aromatic rings. The van der Waals surface area contributed by atoms with Gasteiger partial charge in [-0.2, -0.15) is 0 Å². The molecular weight excluding hydrogens is 244 g/mol. The van der Waals surface area contributed by atoms with E-state index in [9.17, 15) is 0 Å². The third-order valence-corrected chi connectivity index (χ3v) is 5.73. The van der Waals surface area contributed by atoms with Gasteiger partial charge >= 0.3 is 0 Å². The SMILES string of the molecule is NCC1(NCC(C2CC2)C2CC2)Cc2ccccc2C1. The first-order chi connectivity index (χ1) is 9.80. The molecule has 0 aliphatic heterocycles. The van der Waals surface area contributed by atoms with Gasteiger partial charge in [-0.3, -0.25) is 0 Å². The molecule has 2 saturated carbocycles. The molecule has 3 aliphatic rings. The minimum absolute atomic E-state index is 0.131. The zero-order valence-corrected chi connectivity index (χ0v) is 12.3. The van der Waals surface area contributed by atoms with Gasteiger partial charge in [0.2, 0.25) is 0 Å². The van der Waals surface area contributed by atoms with E-state index in [0.717, 1.165) is 37.1 Å². The van der Waals surface area contributed by atoms with Crippen LogP contribution in [0.4, 0.5) is 0 Å². The van der Waals surface area contributed by atoms with Crippen LogP contribution in [0, 0.1) is 17.8 Å². The summed E-state index contributed by atoms with van der Waals surface area (Å²) in [5, 5.41) is 3.91. The average Bonchev–Trinajstić information content (AvgIpc) is 3.37. The van der Waals surface area contributed by atoms with E-state index >= 15 is 0 Å². The second kappa shape index (κ2) is 4.85. The largest absolute Gasteiger partial charge is 0.329 e. The maximum Gasteiger partial charge on any atom is 0.0385 e. The highest BCUT2D eigenvalue weighted by atomic mass is 15.0. The zero-order valence-electron chi connectivity index (χ0n) is 12.3. The van der Waals surface area contributed by atoms with Gasteiger partial charge in [-0.1, -0.05) is 24.3 Å². The first-order valence-electron chi connectivity index (χ1n) is 8.31. The molecule has 1 aromatic carbocycles. The highest BCUT2D eigenvalue weighted by molar-refractivity contribution is 5.36. The van der Waals surface area contributed by atoms with Crippen LogP contribution in [0.2, 0.25) is 0 Å². The van der Waals surface area contributed by atoms with Crippen molar-refractivity contribution in [2.75, 3.05) is 13.1 Å². The molecule has 0 atom stereocenters. The molecule has 0 spiro atoms. The van der Waals surface area contributed by atoms with Gasteiger partial charge in [-0.05, 0) is 74.0 Å². The van der Waals surface area contributed by atoms with Gasteiger partial charge < -0.3 is 11.1 Å². The van der Waals surface area contributed by atoms with Crippen LogP contribution in [0.1, 0.15) is 36.8 Å². The molecule has 108 valence electrons. The Kier molecular flexibility index (Phi) is 3.12. The van der Waals surface area contributed by atoms with Crippen LogP contribution in [-0.2, 0) is 12.8 Å². The third-order valence-electron chi connectivity index (χ3n) is 5.73. The maximum absolute atomic E-state index is 6.16. The molecule has 0 unspecified atom stereocenters. The zero-order chi connectivity index (χ0) is 13.6. The first kappa shape index (κ1) is 12.8. The molecular formula is C18H26N2. The Hall–Kier alpha value is -0.860. The lowest BCUT2D eigenvalue weighted by Crippen LogP contribution is -2.53. The Morgan fingerprint density at radius 1 is 1.05 bits per heavy atom. The summed E-state index contributed by atoms with van der Waals surface area (Å²) in [6.07, 6.45) is 8.11. The Bertz CT molecular complexity index is 451. The van der Waals surface area contributed by atoms with Crippen molar-refractivity contribution in [1.29, 1.82) is 0 Å². The third kappa shape index (κ3) is 2.40. The normalized spacial score (nSPS) is 24.1. The van der Waals surface area contributed by atoms with E-state index < -0.39 is 0 Å². The number of nitrogens with one attached hydrogen (secondary N) is 1. The quantitative estimate of drug-likeness (QED) is 0.833. The predicted octanol–water partition coefficient (Wildman–Crippen LogP) is 2.51. The number of rotatable bonds is 6. The molecule has 3 N–H and O–H groups in total. The molecule has 0 bridgehead atoms. The second-order valence-corrected chi connectivity index (χ2v) is 7.33. The van der Waals surface area contributed by atoms with Crippen molar-refractivity contribution in [3.63, 3.8) is 0 Å². The van der Waals surface area contributed by atoms with Gasteiger partial charge in [0.15, 0.2) is 0 Å². The standard InChI is InChI=1S/C18H26N2/c19-12-18(9-15-3-1-2-4-16(15)10-18)20-11-17(13-5-6-13)14-7-8-14/h1-4,13-14,17,20H,5-12,19H2. The van der Waals surface area contributed by atoms with Crippen LogP contribution in [-0.4, -0.2) is 18.6 Å². The summed E-state index contributed by atoms with van der Waals surface area (Å²) < 4.78 is 0. The van der Waals surface area contributed by atoms with Crippen LogP contribution in [0.15, 0.2) is 24.3 Å². The predicted molar refractivity (Wildman–Crippen MR) is 82.6 cm³/mol. The topological polar surface area (TPSA) is 38.0 Å². The van der Waals surface area contributed by atoms with E-state index in [-0.39, 0.29) is 5.54 Å². The molecule has 0 amide bonds. The van der Waals surface area contributed by atoms with Crippen LogP contribution in [0.25, 0.3) is 0 Å². The van der Waals surface area contributed by atoms with Gasteiger partial charge in [-0.15, -0.1) is 0 Å². The van der Waals surface area contributed by atoms with Crippen molar-refractivity contribution in [2.24, 2.45) is 23.5 Å². The molecule has 20 heavy (non-hydrogen) atoms. The summed E-state index contributed by atoms with van der Waals surface area (Å²) in [6, 6.07) is 8.85. The summed E-state index contributed by atoms with van der Waals surface area (Å²) in [6.45, 7) is 1.95. The summed E-state index contributed by atoms with van der Waals surface area (Å²) in [5.41, 5.74) is 9.29. The first-order valence-corrected chi connectivity index (χ1v) is 8.31. The van der Waals surface area contributed by atoms with Crippen molar-refractivity contribution in [1.82, 2.24) is 5.32 Å². The fourth-order valence-electron chi connectivity index (χ4n) is 4.14. The van der Waals surface area contributed by atoms with Gasteiger partial charge in [-0.25, -0.2) is 0 Å². The van der Waals surface area contributed by atoms with E-state index in [0.29, 0.717) is 0 Å². The Morgan fingerprint density at radius 2 is 1.60 bits per heavy atom. The molecule has 2 fully saturated rings. The molecule has 0 saturated heterocycles. The smallest absolute Gasteiger partial charge is 0.0385 e. The minimum Gasteiger partial charge on any atom is -0.329 e. The summed E-state index contributed by atoms with van der Waals surface area (Å²) in [7, 11) is 0. The number of hydrogen-bond donors (Lipinski definition) is 2. The molecule has 0 radical (unpaired) electrons. The van der Waals surface area contributed by atoms with Crippen molar-refractivity contribution in [3.8, 4) is 0 Å². The van der Waals surface area contributed by atoms with E-state index in [1.54, 1.807) is 0 Å².